The lowest BCUT2D eigenvalue weighted by atomic mass is 9.84. The summed E-state index contributed by atoms with van der Waals surface area (Å²) < 4.78 is 22.7. The minimum Gasteiger partial charge on any atom is -0.310 e. The topological polar surface area (TPSA) is 46.2 Å². The number of hydrogen-bond donors (Lipinski definition) is 1. The van der Waals surface area contributed by atoms with Crippen LogP contribution < -0.4 is 5.32 Å². The van der Waals surface area contributed by atoms with Gasteiger partial charge < -0.3 is 5.32 Å². The van der Waals surface area contributed by atoms with Crippen molar-refractivity contribution in [2.75, 3.05) is 11.5 Å². The number of nitrogens with one attached hydrogen (secondary N) is 1. The van der Waals surface area contributed by atoms with Crippen molar-refractivity contribution in [3.63, 3.8) is 0 Å². The van der Waals surface area contributed by atoms with E-state index in [4.69, 9.17) is 0 Å². The van der Waals surface area contributed by atoms with Gasteiger partial charge in [-0.1, -0.05) is 19.3 Å². The van der Waals surface area contributed by atoms with Gasteiger partial charge in [0.05, 0.1) is 11.5 Å². The Morgan fingerprint density at radius 1 is 1.12 bits per heavy atom. The summed E-state index contributed by atoms with van der Waals surface area (Å²) in [6, 6.07) is 0.695. The quantitative estimate of drug-likeness (QED) is 0.823. The summed E-state index contributed by atoms with van der Waals surface area (Å²) >= 11 is 0. The molecule has 0 aromatic rings. The molecule has 0 amide bonds. The highest BCUT2D eigenvalue weighted by molar-refractivity contribution is 7.91. The van der Waals surface area contributed by atoms with Crippen LogP contribution in [0.2, 0.25) is 0 Å². The second-order valence-corrected chi connectivity index (χ2v) is 7.68. The van der Waals surface area contributed by atoms with Crippen LogP contribution in [0.25, 0.3) is 0 Å². The predicted octanol–water partition coefficient (Wildman–Crippen LogP) is 1.73. The molecule has 1 N–H and O–H groups in total. The Labute approximate surface area is 98.9 Å². The van der Waals surface area contributed by atoms with Crippen LogP contribution in [0.1, 0.15) is 45.4 Å². The van der Waals surface area contributed by atoms with Gasteiger partial charge in [0.25, 0.3) is 0 Å². The molecule has 1 aliphatic heterocycles. The molecule has 2 rings (SSSR count). The van der Waals surface area contributed by atoms with Crippen molar-refractivity contribution in [3.8, 4) is 0 Å². The van der Waals surface area contributed by atoms with E-state index in [2.05, 4.69) is 12.2 Å². The maximum atomic E-state index is 11.4. The van der Waals surface area contributed by atoms with Gasteiger partial charge in [-0.15, -0.1) is 0 Å². The van der Waals surface area contributed by atoms with Gasteiger partial charge in [0.2, 0.25) is 0 Å². The average molecular weight is 245 g/mol. The molecule has 0 radical (unpaired) electrons. The maximum absolute atomic E-state index is 11.4. The SMILES string of the molecule is C[C@H](NC1CCS(=O)(=O)C1)C1CCCCC1. The van der Waals surface area contributed by atoms with Crippen LogP contribution in [0.15, 0.2) is 0 Å². The van der Waals surface area contributed by atoms with Crippen molar-refractivity contribution >= 4 is 9.84 Å². The van der Waals surface area contributed by atoms with E-state index in [0.29, 0.717) is 17.5 Å². The van der Waals surface area contributed by atoms with Gasteiger partial charge in [-0.2, -0.15) is 0 Å². The van der Waals surface area contributed by atoms with Gasteiger partial charge in [-0.3, -0.25) is 0 Å². The summed E-state index contributed by atoms with van der Waals surface area (Å²) in [5.74, 6) is 1.49. The van der Waals surface area contributed by atoms with Gasteiger partial charge in [0.1, 0.15) is 0 Å². The normalized spacial score (nSPS) is 32.7. The molecule has 3 nitrogen and oxygen atoms in total. The average Bonchev–Trinajstić information content (AvgIpc) is 2.59. The van der Waals surface area contributed by atoms with Crippen molar-refractivity contribution in [3.05, 3.63) is 0 Å². The molecular formula is C12H23NO2S. The molecule has 2 aliphatic rings. The van der Waals surface area contributed by atoms with E-state index >= 15 is 0 Å². The van der Waals surface area contributed by atoms with E-state index in [1.165, 1.54) is 32.1 Å². The molecule has 0 aromatic heterocycles. The van der Waals surface area contributed by atoms with Crippen molar-refractivity contribution in [1.82, 2.24) is 5.32 Å². The smallest absolute Gasteiger partial charge is 0.151 e. The first kappa shape index (κ1) is 12.4. The minimum absolute atomic E-state index is 0.210. The zero-order valence-corrected chi connectivity index (χ0v) is 10.9. The van der Waals surface area contributed by atoms with Crippen LogP contribution in [0.4, 0.5) is 0 Å². The van der Waals surface area contributed by atoms with Gasteiger partial charge in [-0.05, 0) is 32.1 Å². The second-order valence-electron chi connectivity index (χ2n) is 5.45. The molecular weight excluding hydrogens is 222 g/mol. The van der Waals surface area contributed by atoms with Crippen LogP contribution in [0.5, 0.6) is 0 Å². The molecule has 2 fully saturated rings. The van der Waals surface area contributed by atoms with E-state index in [0.717, 1.165) is 12.3 Å². The number of hydrogen-bond acceptors (Lipinski definition) is 3. The maximum Gasteiger partial charge on any atom is 0.151 e. The van der Waals surface area contributed by atoms with Crippen LogP contribution in [0.3, 0.4) is 0 Å². The van der Waals surface area contributed by atoms with Crippen LogP contribution in [-0.2, 0) is 9.84 Å². The Balaban J connectivity index is 1.80. The first-order valence-corrected chi connectivity index (χ1v) is 8.35. The minimum atomic E-state index is -2.73. The summed E-state index contributed by atoms with van der Waals surface area (Å²) in [4.78, 5) is 0. The molecule has 16 heavy (non-hydrogen) atoms. The summed E-state index contributed by atoms with van der Waals surface area (Å²) in [5, 5.41) is 3.52. The fourth-order valence-corrected chi connectivity index (χ4v) is 4.75. The molecule has 4 heteroatoms. The molecule has 0 spiro atoms. The molecule has 1 saturated heterocycles. The fourth-order valence-electron chi connectivity index (χ4n) is 3.07. The summed E-state index contributed by atoms with van der Waals surface area (Å²) in [5.41, 5.74) is 0. The molecule has 1 saturated carbocycles. The standard InChI is InChI=1S/C12H23NO2S/c1-10(11-5-3-2-4-6-11)13-12-7-8-16(14,15)9-12/h10-13H,2-9H2,1H3/t10-,12?/m0/s1. The highest BCUT2D eigenvalue weighted by atomic mass is 32.2. The Morgan fingerprint density at radius 2 is 1.81 bits per heavy atom. The largest absolute Gasteiger partial charge is 0.310 e. The lowest BCUT2D eigenvalue weighted by Crippen LogP contribution is -2.42. The van der Waals surface area contributed by atoms with E-state index < -0.39 is 9.84 Å². The third kappa shape index (κ3) is 3.20. The van der Waals surface area contributed by atoms with Crippen molar-refractivity contribution < 1.29 is 8.42 Å². The van der Waals surface area contributed by atoms with Crippen molar-refractivity contribution in [1.29, 1.82) is 0 Å². The van der Waals surface area contributed by atoms with Crippen LogP contribution in [-0.4, -0.2) is 32.0 Å². The Morgan fingerprint density at radius 3 is 2.38 bits per heavy atom. The molecule has 1 heterocycles. The number of rotatable bonds is 3. The second kappa shape index (κ2) is 5.05. The predicted molar refractivity (Wildman–Crippen MR) is 66.2 cm³/mol. The summed E-state index contributed by atoms with van der Waals surface area (Å²) in [7, 11) is -2.73. The van der Waals surface area contributed by atoms with E-state index in [1.807, 2.05) is 0 Å². The van der Waals surface area contributed by atoms with Gasteiger partial charge in [-0.25, -0.2) is 8.42 Å². The van der Waals surface area contributed by atoms with E-state index in [-0.39, 0.29) is 6.04 Å². The van der Waals surface area contributed by atoms with Gasteiger partial charge in [0.15, 0.2) is 9.84 Å². The fraction of sp³-hybridized carbons (Fsp3) is 1.00. The lowest BCUT2D eigenvalue weighted by Gasteiger charge is -2.30. The van der Waals surface area contributed by atoms with Crippen molar-refractivity contribution in [2.45, 2.75) is 57.5 Å². The third-order valence-electron chi connectivity index (χ3n) is 4.09. The van der Waals surface area contributed by atoms with Gasteiger partial charge >= 0.3 is 0 Å². The van der Waals surface area contributed by atoms with E-state index in [9.17, 15) is 8.42 Å². The monoisotopic (exact) mass is 245 g/mol. The van der Waals surface area contributed by atoms with Gasteiger partial charge in [0, 0.05) is 12.1 Å². The first-order valence-electron chi connectivity index (χ1n) is 6.53. The third-order valence-corrected chi connectivity index (χ3v) is 5.86. The van der Waals surface area contributed by atoms with E-state index in [1.54, 1.807) is 0 Å². The van der Waals surface area contributed by atoms with Crippen LogP contribution in [0, 0.1) is 5.92 Å². The zero-order chi connectivity index (χ0) is 11.6. The Hall–Kier alpha value is -0.0900. The number of sulfone groups is 1. The lowest BCUT2D eigenvalue weighted by molar-refractivity contribution is 0.268. The van der Waals surface area contributed by atoms with Crippen molar-refractivity contribution in [2.24, 2.45) is 5.92 Å². The zero-order valence-electron chi connectivity index (χ0n) is 10.1. The summed E-state index contributed by atoms with van der Waals surface area (Å²) in [6.45, 7) is 2.22. The molecule has 1 aliphatic carbocycles. The van der Waals surface area contributed by atoms with Crippen LogP contribution >= 0.6 is 0 Å². The molecule has 94 valence electrons. The summed E-state index contributed by atoms with van der Waals surface area (Å²) in [6.07, 6.45) is 7.50. The molecule has 1 unspecified atom stereocenters. The molecule has 2 atom stereocenters. The Bertz CT molecular complexity index is 320. The Kier molecular flexibility index (Phi) is 3.90. The highest BCUT2D eigenvalue weighted by Crippen LogP contribution is 2.27. The molecule has 0 bridgehead atoms. The first-order chi connectivity index (χ1) is 7.57. The highest BCUT2D eigenvalue weighted by Gasteiger charge is 2.30. The molecule has 0 aromatic carbocycles.